The molecule has 1 atom stereocenters. The summed E-state index contributed by atoms with van der Waals surface area (Å²) in [5.41, 5.74) is 5.45. The number of nitro groups is 1. The first kappa shape index (κ1) is 15.2. The SMILES string of the molecule is COC(=O)C(N)(COc1ccc(C)cc1[N+](=O)[O-])C1CC1. The molecule has 2 rings (SSSR count). The fraction of sp³-hybridized carbons (Fsp3) is 0.500. The summed E-state index contributed by atoms with van der Waals surface area (Å²) in [4.78, 5) is 22.4. The van der Waals surface area contributed by atoms with Gasteiger partial charge in [-0.15, -0.1) is 0 Å². The zero-order chi connectivity index (χ0) is 15.6. The molecule has 7 nitrogen and oxygen atoms in total. The number of ether oxygens (including phenoxy) is 2. The van der Waals surface area contributed by atoms with Crippen LogP contribution >= 0.6 is 0 Å². The summed E-state index contributed by atoms with van der Waals surface area (Å²) >= 11 is 0. The normalized spacial score (nSPS) is 16.9. The molecule has 0 aliphatic heterocycles. The van der Waals surface area contributed by atoms with Crippen LogP contribution in [0.5, 0.6) is 5.75 Å². The molecule has 0 saturated heterocycles. The molecule has 1 fully saturated rings. The van der Waals surface area contributed by atoms with E-state index < -0.39 is 16.4 Å². The highest BCUT2D eigenvalue weighted by Gasteiger charge is 2.50. The zero-order valence-electron chi connectivity index (χ0n) is 12.0. The van der Waals surface area contributed by atoms with Gasteiger partial charge in [-0.05, 0) is 37.3 Å². The van der Waals surface area contributed by atoms with Gasteiger partial charge in [-0.1, -0.05) is 6.07 Å². The minimum absolute atomic E-state index is 0.00513. The van der Waals surface area contributed by atoms with Crippen LogP contribution in [0.2, 0.25) is 0 Å². The number of rotatable bonds is 6. The Bertz CT molecular complexity index is 570. The van der Waals surface area contributed by atoms with E-state index >= 15 is 0 Å². The molecule has 1 unspecified atom stereocenters. The third kappa shape index (κ3) is 3.13. The van der Waals surface area contributed by atoms with Gasteiger partial charge in [-0.25, -0.2) is 4.79 Å². The molecular formula is C14H18N2O5. The van der Waals surface area contributed by atoms with Gasteiger partial charge in [0.25, 0.3) is 0 Å². The minimum atomic E-state index is -1.26. The lowest BCUT2D eigenvalue weighted by Crippen LogP contribution is -2.55. The van der Waals surface area contributed by atoms with Gasteiger partial charge >= 0.3 is 11.7 Å². The summed E-state index contributed by atoms with van der Waals surface area (Å²) in [5.74, 6) is -0.459. The van der Waals surface area contributed by atoms with Crippen molar-refractivity contribution in [3.05, 3.63) is 33.9 Å². The summed E-state index contributed by atoms with van der Waals surface area (Å²) in [5, 5.41) is 11.0. The highest BCUT2D eigenvalue weighted by molar-refractivity contribution is 5.81. The third-order valence-corrected chi connectivity index (χ3v) is 3.65. The van der Waals surface area contributed by atoms with Gasteiger partial charge in [0, 0.05) is 6.07 Å². The van der Waals surface area contributed by atoms with Crippen LogP contribution in [0.25, 0.3) is 0 Å². The molecule has 1 aliphatic rings. The second-order valence-electron chi connectivity index (χ2n) is 5.32. The van der Waals surface area contributed by atoms with Gasteiger partial charge in [0.15, 0.2) is 11.3 Å². The largest absolute Gasteiger partial charge is 0.484 e. The van der Waals surface area contributed by atoms with Crippen LogP contribution in [0.4, 0.5) is 5.69 Å². The van der Waals surface area contributed by atoms with Gasteiger partial charge in [0.05, 0.1) is 12.0 Å². The van der Waals surface area contributed by atoms with Gasteiger partial charge in [-0.3, -0.25) is 10.1 Å². The first-order chi connectivity index (χ1) is 9.88. The number of nitrogens with zero attached hydrogens (tertiary/aromatic N) is 1. The summed E-state index contributed by atoms with van der Waals surface area (Å²) in [6, 6.07) is 4.64. The van der Waals surface area contributed by atoms with E-state index in [1.54, 1.807) is 13.0 Å². The number of benzene rings is 1. The maximum absolute atomic E-state index is 11.8. The number of methoxy groups -OCH3 is 1. The highest BCUT2D eigenvalue weighted by Crippen LogP contribution is 2.40. The molecule has 1 aromatic rings. The lowest BCUT2D eigenvalue weighted by molar-refractivity contribution is -0.386. The van der Waals surface area contributed by atoms with Crippen molar-refractivity contribution < 1.29 is 19.2 Å². The molecule has 7 heteroatoms. The molecule has 0 spiro atoms. The zero-order valence-corrected chi connectivity index (χ0v) is 12.0. The Balaban J connectivity index is 2.18. The van der Waals surface area contributed by atoms with Gasteiger partial charge in [-0.2, -0.15) is 0 Å². The van der Waals surface area contributed by atoms with E-state index in [2.05, 4.69) is 0 Å². The number of nitro benzene ring substituents is 1. The number of carbonyl (C=O) groups excluding carboxylic acids is 1. The molecule has 114 valence electrons. The van der Waals surface area contributed by atoms with Gasteiger partial charge in [0.1, 0.15) is 6.61 Å². The predicted octanol–water partition coefficient (Wildman–Crippen LogP) is 1.56. The molecule has 21 heavy (non-hydrogen) atoms. The molecule has 0 heterocycles. The fourth-order valence-corrected chi connectivity index (χ4v) is 2.22. The minimum Gasteiger partial charge on any atom is -0.484 e. The van der Waals surface area contributed by atoms with E-state index in [-0.39, 0.29) is 24.0 Å². The summed E-state index contributed by atoms with van der Waals surface area (Å²) < 4.78 is 10.2. The van der Waals surface area contributed by atoms with Gasteiger partial charge < -0.3 is 15.2 Å². The Hall–Kier alpha value is -2.15. The summed E-state index contributed by atoms with van der Waals surface area (Å²) in [6.45, 7) is 1.61. The Morgan fingerprint density at radius 2 is 2.19 bits per heavy atom. The van der Waals surface area contributed by atoms with Crippen LogP contribution in [0.3, 0.4) is 0 Å². The number of carbonyl (C=O) groups is 1. The van der Waals surface area contributed by atoms with Crippen LogP contribution in [0.15, 0.2) is 18.2 Å². The van der Waals surface area contributed by atoms with Crippen molar-refractivity contribution in [2.45, 2.75) is 25.3 Å². The summed E-state index contributed by atoms with van der Waals surface area (Å²) in [7, 11) is 1.26. The van der Waals surface area contributed by atoms with E-state index in [0.717, 1.165) is 18.4 Å². The van der Waals surface area contributed by atoms with E-state index in [1.165, 1.54) is 19.2 Å². The number of nitrogens with two attached hydrogens (primary N) is 1. The second-order valence-corrected chi connectivity index (χ2v) is 5.32. The van der Waals surface area contributed by atoms with E-state index in [9.17, 15) is 14.9 Å². The molecule has 0 aromatic heterocycles. The number of hydrogen-bond acceptors (Lipinski definition) is 6. The first-order valence-corrected chi connectivity index (χ1v) is 6.63. The lowest BCUT2D eigenvalue weighted by Gasteiger charge is -2.26. The van der Waals surface area contributed by atoms with E-state index in [4.69, 9.17) is 15.2 Å². The van der Waals surface area contributed by atoms with Crippen molar-refractivity contribution in [2.24, 2.45) is 11.7 Å². The monoisotopic (exact) mass is 294 g/mol. The first-order valence-electron chi connectivity index (χ1n) is 6.63. The molecule has 2 N–H and O–H groups in total. The van der Waals surface area contributed by atoms with Crippen molar-refractivity contribution in [1.29, 1.82) is 0 Å². The Morgan fingerprint density at radius 3 is 2.71 bits per heavy atom. The number of hydrogen-bond donors (Lipinski definition) is 1. The van der Waals surface area contributed by atoms with E-state index in [1.807, 2.05) is 0 Å². The smallest absolute Gasteiger partial charge is 0.329 e. The van der Waals surface area contributed by atoms with Crippen LogP contribution in [-0.2, 0) is 9.53 Å². The molecule has 0 bridgehead atoms. The lowest BCUT2D eigenvalue weighted by atomic mass is 9.96. The Kier molecular flexibility index (Phi) is 4.13. The maximum Gasteiger partial charge on any atom is 0.329 e. The topological polar surface area (TPSA) is 105 Å². The predicted molar refractivity (Wildman–Crippen MR) is 75.0 cm³/mol. The Morgan fingerprint density at radius 1 is 1.52 bits per heavy atom. The molecule has 1 saturated carbocycles. The van der Waals surface area contributed by atoms with Crippen LogP contribution in [0.1, 0.15) is 18.4 Å². The van der Waals surface area contributed by atoms with Crippen molar-refractivity contribution >= 4 is 11.7 Å². The highest BCUT2D eigenvalue weighted by atomic mass is 16.6. The molecule has 1 aromatic carbocycles. The Labute approximate surface area is 122 Å². The van der Waals surface area contributed by atoms with Crippen molar-refractivity contribution in [1.82, 2.24) is 0 Å². The van der Waals surface area contributed by atoms with Crippen LogP contribution < -0.4 is 10.5 Å². The summed E-state index contributed by atoms with van der Waals surface area (Å²) in [6.07, 6.45) is 1.65. The van der Waals surface area contributed by atoms with Crippen molar-refractivity contribution in [3.8, 4) is 5.75 Å². The fourth-order valence-electron chi connectivity index (χ4n) is 2.22. The quantitative estimate of drug-likeness (QED) is 0.485. The molecule has 0 amide bonds. The number of aryl methyl sites for hydroxylation is 1. The van der Waals surface area contributed by atoms with Crippen LogP contribution in [-0.4, -0.2) is 30.1 Å². The van der Waals surface area contributed by atoms with Gasteiger partial charge in [0.2, 0.25) is 0 Å². The average Bonchev–Trinajstić information content (AvgIpc) is 3.29. The standard InChI is InChI=1S/C14H18N2O5/c1-9-3-6-12(11(7-9)16(18)19)21-8-14(15,10-4-5-10)13(17)20-2/h3,6-7,10H,4-5,8,15H2,1-2H3. The van der Waals surface area contributed by atoms with Crippen LogP contribution in [0, 0.1) is 23.0 Å². The maximum atomic E-state index is 11.8. The molecule has 1 aliphatic carbocycles. The molecular weight excluding hydrogens is 276 g/mol. The number of esters is 1. The molecule has 0 radical (unpaired) electrons. The average molecular weight is 294 g/mol. The second kappa shape index (κ2) is 5.69. The third-order valence-electron chi connectivity index (χ3n) is 3.65. The van der Waals surface area contributed by atoms with Crippen molar-refractivity contribution in [2.75, 3.05) is 13.7 Å². The van der Waals surface area contributed by atoms with Crippen molar-refractivity contribution in [3.63, 3.8) is 0 Å². The van der Waals surface area contributed by atoms with E-state index in [0.29, 0.717) is 0 Å².